The SMILES string of the molecule is Nc1ncc(-c2ccc3c(c2)OCO3)cc1C(=O)O. The zero-order valence-corrected chi connectivity index (χ0v) is 9.79. The zero-order chi connectivity index (χ0) is 13.4. The Kier molecular flexibility index (Phi) is 2.49. The average molecular weight is 258 g/mol. The first-order valence-corrected chi connectivity index (χ1v) is 5.54. The highest BCUT2D eigenvalue weighted by molar-refractivity contribution is 5.94. The Morgan fingerprint density at radius 1 is 1.21 bits per heavy atom. The van der Waals surface area contributed by atoms with Gasteiger partial charge in [-0.25, -0.2) is 9.78 Å². The van der Waals surface area contributed by atoms with E-state index in [1.165, 1.54) is 12.3 Å². The lowest BCUT2D eigenvalue weighted by Gasteiger charge is -2.06. The van der Waals surface area contributed by atoms with Gasteiger partial charge in [-0.2, -0.15) is 0 Å². The van der Waals surface area contributed by atoms with Crippen LogP contribution in [0.2, 0.25) is 0 Å². The third-order valence-corrected chi connectivity index (χ3v) is 2.85. The molecule has 19 heavy (non-hydrogen) atoms. The van der Waals surface area contributed by atoms with Gasteiger partial charge in [0.05, 0.1) is 0 Å². The van der Waals surface area contributed by atoms with Crippen LogP contribution in [0.15, 0.2) is 30.5 Å². The molecule has 1 aromatic carbocycles. The van der Waals surface area contributed by atoms with E-state index >= 15 is 0 Å². The Morgan fingerprint density at radius 2 is 2.00 bits per heavy atom. The molecular weight excluding hydrogens is 248 g/mol. The first-order chi connectivity index (χ1) is 9.15. The second kappa shape index (κ2) is 4.16. The number of nitrogens with two attached hydrogens (primary N) is 1. The Labute approximate surface area is 108 Å². The summed E-state index contributed by atoms with van der Waals surface area (Å²) in [6.07, 6.45) is 1.53. The highest BCUT2D eigenvalue weighted by Gasteiger charge is 2.15. The van der Waals surface area contributed by atoms with Crippen LogP contribution in [0, 0.1) is 0 Å². The average Bonchev–Trinajstić information content (AvgIpc) is 2.86. The van der Waals surface area contributed by atoms with E-state index in [1.54, 1.807) is 12.1 Å². The van der Waals surface area contributed by atoms with E-state index in [4.69, 9.17) is 20.3 Å². The number of carboxylic acid groups (broad SMARTS) is 1. The fourth-order valence-electron chi connectivity index (χ4n) is 1.88. The van der Waals surface area contributed by atoms with Crippen molar-refractivity contribution >= 4 is 11.8 Å². The number of hydrogen-bond acceptors (Lipinski definition) is 5. The van der Waals surface area contributed by atoms with Crippen LogP contribution in [0.25, 0.3) is 11.1 Å². The molecule has 0 saturated carbocycles. The van der Waals surface area contributed by atoms with Gasteiger partial charge in [0.1, 0.15) is 11.4 Å². The van der Waals surface area contributed by atoms with Crippen molar-refractivity contribution in [3.8, 4) is 22.6 Å². The molecule has 0 bridgehead atoms. The number of anilines is 1. The van der Waals surface area contributed by atoms with Gasteiger partial charge < -0.3 is 20.3 Å². The summed E-state index contributed by atoms with van der Waals surface area (Å²) in [5.74, 6) is 0.196. The number of aromatic carboxylic acids is 1. The molecule has 3 N–H and O–H groups in total. The number of carbonyl (C=O) groups is 1. The molecule has 0 spiro atoms. The zero-order valence-electron chi connectivity index (χ0n) is 9.79. The van der Waals surface area contributed by atoms with Crippen molar-refractivity contribution in [3.63, 3.8) is 0 Å². The molecule has 2 heterocycles. The van der Waals surface area contributed by atoms with Crippen LogP contribution in [-0.2, 0) is 0 Å². The third-order valence-electron chi connectivity index (χ3n) is 2.85. The van der Waals surface area contributed by atoms with Gasteiger partial charge >= 0.3 is 5.97 Å². The van der Waals surface area contributed by atoms with Gasteiger partial charge in [0.2, 0.25) is 6.79 Å². The number of aromatic nitrogens is 1. The van der Waals surface area contributed by atoms with E-state index in [-0.39, 0.29) is 18.2 Å². The number of carboxylic acids is 1. The monoisotopic (exact) mass is 258 g/mol. The standard InChI is InChI=1S/C13H10N2O4/c14-12-9(13(16)17)3-8(5-15-12)7-1-2-10-11(4-7)19-6-18-10/h1-5H,6H2,(H2,14,15)(H,16,17). The second-order valence-electron chi connectivity index (χ2n) is 4.03. The molecule has 0 atom stereocenters. The Hall–Kier alpha value is -2.76. The first-order valence-electron chi connectivity index (χ1n) is 5.54. The fourth-order valence-corrected chi connectivity index (χ4v) is 1.88. The summed E-state index contributed by atoms with van der Waals surface area (Å²) < 4.78 is 10.5. The van der Waals surface area contributed by atoms with E-state index in [0.29, 0.717) is 17.1 Å². The number of fused-ring (bicyclic) bond motifs is 1. The molecule has 2 aromatic rings. The van der Waals surface area contributed by atoms with Crippen LogP contribution in [0.3, 0.4) is 0 Å². The lowest BCUT2D eigenvalue weighted by atomic mass is 10.0. The van der Waals surface area contributed by atoms with Crippen molar-refractivity contribution in [1.29, 1.82) is 0 Å². The van der Waals surface area contributed by atoms with Crippen molar-refractivity contribution in [1.82, 2.24) is 4.98 Å². The van der Waals surface area contributed by atoms with Crippen LogP contribution in [0.5, 0.6) is 11.5 Å². The van der Waals surface area contributed by atoms with Gasteiger partial charge in [-0.05, 0) is 23.8 Å². The van der Waals surface area contributed by atoms with Gasteiger partial charge in [0.15, 0.2) is 11.5 Å². The molecular formula is C13H10N2O4. The summed E-state index contributed by atoms with van der Waals surface area (Å²) in [6, 6.07) is 6.85. The van der Waals surface area contributed by atoms with Gasteiger partial charge in [0, 0.05) is 11.8 Å². The smallest absolute Gasteiger partial charge is 0.339 e. The molecule has 6 heteroatoms. The molecule has 1 aromatic heterocycles. The molecule has 1 aliphatic heterocycles. The molecule has 0 unspecified atom stereocenters. The van der Waals surface area contributed by atoms with Crippen molar-refractivity contribution < 1.29 is 19.4 Å². The largest absolute Gasteiger partial charge is 0.478 e. The van der Waals surface area contributed by atoms with E-state index in [2.05, 4.69) is 4.98 Å². The molecule has 0 radical (unpaired) electrons. The van der Waals surface area contributed by atoms with Crippen LogP contribution >= 0.6 is 0 Å². The topological polar surface area (TPSA) is 94.7 Å². The maximum Gasteiger partial charge on any atom is 0.339 e. The summed E-state index contributed by atoms with van der Waals surface area (Å²) in [4.78, 5) is 14.9. The number of ether oxygens (including phenoxy) is 2. The first kappa shape index (κ1) is 11.3. The number of hydrogen-bond donors (Lipinski definition) is 2. The number of benzene rings is 1. The number of nitrogens with zero attached hydrogens (tertiary/aromatic N) is 1. The number of nitrogen functional groups attached to an aromatic ring is 1. The van der Waals surface area contributed by atoms with Gasteiger partial charge in [-0.15, -0.1) is 0 Å². The highest BCUT2D eigenvalue weighted by atomic mass is 16.7. The number of rotatable bonds is 2. The predicted octanol–water partition coefficient (Wildman–Crippen LogP) is 1.76. The summed E-state index contributed by atoms with van der Waals surface area (Å²) in [5.41, 5.74) is 6.95. The van der Waals surface area contributed by atoms with E-state index in [1.807, 2.05) is 6.07 Å². The van der Waals surface area contributed by atoms with E-state index in [9.17, 15) is 4.79 Å². The van der Waals surface area contributed by atoms with E-state index < -0.39 is 5.97 Å². The van der Waals surface area contributed by atoms with Crippen molar-refractivity contribution in [2.24, 2.45) is 0 Å². The molecule has 6 nitrogen and oxygen atoms in total. The minimum Gasteiger partial charge on any atom is -0.478 e. The molecule has 0 saturated heterocycles. The lowest BCUT2D eigenvalue weighted by molar-refractivity contribution is 0.0697. The van der Waals surface area contributed by atoms with Crippen molar-refractivity contribution in [2.75, 3.05) is 12.5 Å². The van der Waals surface area contributed by atoms with Crippen LogP contribution in [0.1, 0.15) is 10.4 Å². The quantitative estimate of drug-likeness (QED) is 0.852. The molecule has 0 amide bonds. The maximum absolute atomic E-state index is 11.0. The summed E-state index contributed by atoms with van der Waals surface area (Å²) in [7, 11) is 0. The summed E-state index contributed by atoms with van der Waals surface area (Å²) in [5, 5.41) is 9.03. The number of pyridine rings is 1. The second-order valence-corrected chi connectivity index (χ2v) is 4.03. The Morgan fingerprint density at radius 3 is 2.79 bits per heavy atom. The molecule has 96 valence electrons. The maximum atomic E-state index is 11.0. The lowest BCUT2D eigenvalue weighted by Crippen LogP contribution is -2.04. The molecule has 1 aliphatic rings. The van der Waals surface area contributed by atoms with Crippen LogP contribution in [0.4, 0.5) is 5.82 Å². The fraction of sp³-hybridized carbons (Fsp3) is 0.0769. The van der Waals surface area contributed by atoms with Gasteiger partial charge in [-0.1, -0.05) is 6.07 Å². The summed E-state index contributed by atoms with van der Waals surface area (Å²) in [6.45, 7) is 0.194. The molecule has 0 aliphatic carbocycles. The summed E-state index contributed by atoms with van der Waals surface area (Å²) >= 11 is 0. The molecule has 3 rings (SSSR count). The van der Waals surface area contributed by atoms with Gasteiger partial charge in [0.25, 0.3) is 0 Å². The molecule has 0 fully saturated rings. The third kappa shape index (κ3) is 1.93. The minimum absolute atomic E-state index is 0.00278. The predicted molar refractivity (Wildman–Crippen MR) is 67.2 cm³/mol. The van der Waals surface area contributed by atoms with Gasteiger partial charge in [-0.3, -0.25) is 0 Å². The van der Waals surface area contributed by atoms with Crippen molar-refractivity contribution in [2.45, 2.75) is 0 Å². The highest BCUT2D eigenvalue weighted by Crippen LogP contribution is 2.36. The Bertz CT molecular complexity index is 670. The normalized spacial score (nSPS) is 12.4. The van der Waals surface area contributed by atoms with Crippen molar-refractivity contribution in [3.05, 3.63) is 36.0 Å². The minimum atomic E-state index is -1.10. The van der Waals surface area contributed by atoms with E-state index in [0.717, 1.165) is 5.56 Å². The Balaban J connectivity index is 2.07. The van der Waals surface area contributed by atoms with Crippen LogP contribution < -0.4 is 15.2 Å². The van der Waals surface area contributed by atoms with Crippen LogP contribution in [-0.4, -0.2) is 22.9 Å².